The van der Waals surface area contributed by atoms with Crippen molar-refractivity contribution >= 4 is 5.97 Å². The summed E-state index contributed by atoms with van der Waals surface area (Å²) < 4.78 is 15.3. The summed E-state index contributed by atoms with van der Waals surface area (Å²) in [5.41, 5.74) is -0.665. The fourth-order valence-corrected chi connectivity index (χ4v) is 2.35. The molecule has 0 saturated heterocycles. The van der Waals surface area contributed by atoms with E-state index in [0.29, 0.717) is 19.6 Å². The van der Waals surface area contributed by atoms with Gasteiger partial charge in [0.2, 0.25) is 0 Å². The molecule has 0 amide bonds. The van der Waals surface area contributed by atoms with Gasteiger partial charge in [-0.1, -0.05) is 6.92 Å². The highest BCUT2D eigenvalue weighted by Gasteiger charge is 2.34. The van der Waals surface area contributed by atoms with E-state index in [1.807, 2.05) is 13.8 Å². The summed E-state index contributed by atoms with van der Waals surface area (Å²) >= 11 is 0. The highest BCUT2D eigenvalue weighted by molar-refractivity contribution is 5.80. The van der Waals surface area contributed by atoms with Crippen molar-refractivity contribution in [3.63, 3.8) is 0 Å². The second-order valence-electron chi connectivity index (χ2n) is 5.44. The number of methoxy groups -OCH3 is 3. The number of ether oxygens (including phenoxy) is 3. The number of likely N-dealkylation sites (N-methyl/N-ethyl adjacent to an activating group) is 1. The van der Waals surface area contributed by atoms with Crippen LogP contribution >= 0.6 is 0 Å². The van der Waals surface area contributed by atoms with Crippen molar-refractivity contribution in [1.29, 1.82) is 0 Å². The monoisotopic (exact) mass is 304 g/mol. The Hall–Kier alpha value is -0.690. The van der Waals surface area contributed by atoms with Crippen LogP contribution < -0.4 is 5.32 Å². The maximum atomic E-state index is 12.0. The van der Waals surface area contributed by atoms with Crippen LogP contribution in [0.15, 0.2) is 0 Å². The summed E-state index contributed by atoms with van der Waals surface area (Å²) in [7, 11) is 4.81. The van der Waals surface area contributed by atoms with E-state index < -0.39 is 5.54 Å². The number of hydrogen-bond acceptors (Lipinski definition) is 6. The molecule has 6 heteroatoms. The lowest BCUT2D eigenvalue weighted by atomic mass is 9.97. The molecule has 0 spiro atoms. The van der Waals surface area contributed by atoms with Gasteiger partial charge in [0, 0.05) is 33.4 Å². The number of nitrogens with one attached hydrogen (secondary N) is 1. The van der Waals surface area contributed by atoms with E-state index in [1.165, 1.54) is 7.11 Å². The number of esters is 1. The molecule has 0 fully saturated rings. The predicted molar refractivity (Wildman–Crippen MR) is 83.5 cm³/mol. The quantitative estimate of drug-likeness (QED) is 0.541. The molecule has 0 rings (SSSR count). The normalized spacial score (nSPS) is 15.8. The highest BCUT2D eigenvalue weighted by atomic mass is 16.5. The van der Waals surface area contributed by atoms with E-state index in [0.717, 1.165) is 19.6 Å². The molecular weight excluding hydrogens is 272 g/mol. The number of rotatable bonds is 12. The molecule has 0 saturated carbocycles. The van der Waals surface area contributed by atoms with E-state index >= 15 is 0 Å². The minimum absolute atomic E-state index is 0.226. The summed E-state index contributed by atoms with van der Waals surface area (Å²) in [4.78, 5) is 14.3. The Kier molecular flexibility index (Phi) is 10.6. The van der Waals surface area contributed by atoms with Crippen molar-refractivity contribution in [3.8, 4) is 0 Å². The molecule has 2 unspecified atom stereocenters. The van der Waals surface area contributed by atoms with Crippen LogP contribution in [0.2, 0.25) is 0 Å². The molecule has 0 aliphatic heterocycles. The van der Waals surface area contributed by atoms with Gasteiger partial charge in [-0.25, -0.2) is 0 Å². The minimum Gasteiger partial charge on any atom is -0.468 e. The van der Waals surface area contributed by atoms with Gasteiger partial charge in [0.1, 0.15) is 5.54 Å². The molecule has 2 atom stereocenters. The van der Waals surface area contributed by atoms with Crippen LogP contribution in [0, 0.1) is 0 Å². The third-order valence-corrected chi connectivity index (χ3v) is 3.72. The van der Waals surface area contributed by atoms with Gasteiger partial charge in [-0.15, -0.1) is 0 Å². The van der Waals surface area contributed by atoms with Crippen LogP contribution in [0.4, 0.5) is 0 Å². The van der Waals surface area contributed by atoms with Crippen LogP contribution in [0.25, 0.3) is 0 Å². The molecule has 21 heavy (non-hydrogen) atoms. The first-order valence-corrected chi connectivity index (χ1v) is 7.50. The van der Waals surface area contributed by atoms with Crippen molar-refractivity contribution in [2.75, 3.05) is 54.2 Å². The number of carbonyl (C=O) groups excluding carboxylic acids is 1. The van der Waals surface area contributed by atoms with E-state index in [9.17, 15) is 4.79 Å². The Labute approximate surface area is 129 Å². The van der Waals surface area contributed by atoms with Gasteiger partial charge in [-0.3, -0.25) is 9.69 Å². The Morgan fingerprint density at radius 1 is 1.24 bits per heavy atom. The van der Waals surface area contributed by atoms with Gasteiger partial charge in [0.05, 0.1) is 20.3 Å². The third-order valence-electron chi connectivity index (χ3n) is 3.72. The maximum Gasteiger partial charge on any atom is 0.325 e. The summed E-state index contributed by atoms with van der Waals surface area (Å²) in [5, 5.41) is 3.23. The van der Waals surface area contributed by atoms with Crippen LogP contribution in [0.3, 0.4) is 0 Å². The maximum absolute atomic E-state index is 12.0. The first-order chi connectivity index (χ1) is 9.95. The minimum atomic E-state index is -0.665. The summed E-state index contributed by atoms with van der Waals surface area (Å²) in [6, 6.07) is 0.272. The zero-order chi connectivity index (χ0) is 16.3. The van der Waals surface area contributed by atoms with Gasteiger partial charge in [0.15, 0.2) is 0 Å². The third kappa shape index (κ3) is 7.22. The van der Waals surface area contributed by atoms with Crippen molar-refractivity contribution in [2.24, 2.45) is 0 Å². The largest absolute Gasteiger partial charge is 0.468 e. The van der Waals surface area contributed by atoms with Crippen molar-refractivity contribution < 1.29 is 19.0 Å². The zero-order valence-corrected chi connectivity index (χ0v) is 14.4. The Morgan fingerprint density at radius 3 is 2.38 bits per heavy atom. The first kappa shape index (κ1) is 20.3. The lowest BCUT2D eigenvalue weighted by Gasteiger charge is -2.33. The van der Waals surface area contributed by atoms with Crippen molar-refractivity contribution in [1.82, 2.24) is 10.2 Å². The number of hydrogen-bond donors (Lipinski definition) is 1. The van der Waals surface area contributed by atoms with Crippen LogP contribution in [0.1, 0.15) is 27.2 Å². The standard InChI is InChI=1S/C15H32N2O4/c1-7-16-15(3,14(18)21-6)8-9-17(10-11-19-4)13(2)12-20-5/h13,16H,7-12H2,1-6H3. The Bertz CT molecular complexity index is 289. The zero-order valence-electron chi connectivity index (χ0n) is 14.4. The number of carbonyl (C=O) groups is 1. The van der Waals surface area contributed by atoms with Gasteiger partial charge in [-0.05, 0) is 26.8 Å². The summed E-state index contributed by atoms with van der Waals surface area (Å²) in [6.07, 6.45) is 0.672. The van der Waals surface area contributed by atoms with Gasteiger partial charge >= 0.3 is 5.97 Å². The first-order valence-electron chi connectivity index (χ1n) is 7.50. The second kappa shape index (κ2) is 11.0. The van der Waals surface area contributed by atoms with Crippen LogP contribution in [-0.2, 0) is 19.0 Å². The number of nitrogens with zero attached hydrogens (tertiary/aromatic N) is 1. The summed E-state index contributed by atoms with van der Waals surface area (Å²) in [6.45, 7) is 9.59. The smallest absolute Gasteiger partial charge is 0.325 e. The van der Waals surface area contributed by atoms with Crippen LogP contribution in [-0.4, -0.2) is 76.6 Å². The van der Waals surface area contributed by atoms with Crippen molar-refractivity contribution in [3.05, 3.63) is 0 Å². The predicted octanol–water partition coefficient (Wildman–Crippen LogP) is 0.901. The molecular formula is C15H32N2O4. The lowest BCUT2D eigenvalue weighted by Crippen LogP contribution is -2.53. The van der Waals surface area contributed by atoms with E-state index in [2.05, 4.69) is 17.1 Å². The van der Waals surface area contributed by atoms with E-state index in [4.69, 9.17) is 14.2 Å². The SMILES string of the molecule is CCNC(C)(CCN(CCOC)C(C)COC)C(=O)OC. The molecule has 6 nitrogen and oxygen atoms in total. The molecule has 1 N–H and O–H groups in total. The van der Waals surface area contributed by atoms with Gasteiger partial charge in [0.25, 0.3) is 0 Å². The topological polar surface area (TPSA) is 60.0 Å². The van der Waals surface area contributed by atoms with Crippen molar-refractivity contribution in [2.45, 2.75) is 38.8 Å². The fraction of sp³-hybridized carbons (Fsp3) is 0.933. The van der Waals surface area contributed by atoms with Crippen LogP contribution in [0.5, 0.6) is 0 Å². The second-order valence-corrected chi connectivity index (χ2v) is 5.44. The average molecular weight is 304 g/mol. The molecule has 0 aromatic rings. The van der Waals surface area contributed by atoms with E-state index in [-0.39, 0.29) is 12.0 Å². The molecule has 0 aromatic heterocycles. The Morgan fingerprint density at radius 2 is 1.90 bits per heavy atom. The fourth-order valence-electron chi connectivity index (χ4n) is 2.35. The van der Waals surface area contributed by atoms with Gasteiger partial charge < -0.3 is 19.5 Å². The molecule has 126 valence electrons. The summed E-state index contributed by atoms with van der Waals surface area (Å²) in [5.74, 6) is -0.226. The lowest BCUT2D eigenvalue weighted by molar-refractivity contribution is -0.148. The molecule has 0 radical (unpaired) electrons. The molecule has 0 aromatic carbocycles. The molecule has 0 aliphatic rings. The highest BCUT2D eigenvalue weighted by Crippen LogP contribution is 2.14. The van der Waals surface area contributed by atoms with Gasteiger partial charge in [-0.2, -0.15) is 0 Å². The molecule has 0 bridgehead atoms. The average Bonchev–Trinajstić information content (AvgIpc) is 2.46. The Balaban J connectivity index is 4.69. The molecule has 0 heterocycles. The van der Waals surface area contributed by atoms with E-state index in [1.54, 1.807) is 14.2 Å². The molecule has 0 aliphatic carbocycles.